The molecule has 1 saturated carbocycles. The molecule has 2 fully saturated rings. The van der Waals surface area contributed by atoms with Crippen LogP contribution in [-0.2, 0) is 9.47 Å². The van der Waals surface area contributed by atoms with E-state index in [4.69, 9.17) is 15.2 Å². The first kappa shape index (κ1) is 12.6. The average molecular weight is 241 g/mol. The molecule has 5 nitrogen and oxygen atoms in total. The fourth-order valence-electron chi connectivity index (χ4n) is 2.34. The van der Waals surface area contributed by atoms with Crippen molar-refractivity contribution in [1.82, 2.24) is 5.32 Å². The molecule has 2 rings (SSSR count). The van der Waals surface area contributed by atoms with Gasteiger partial charge in [0.25, 0.3) is 0 Å². The van der Waals surface area contributed by atoms with Crippen LogP contribution in [0.1, 0.15) is 32.1 Å². The van der Waals surface area contributed by atoms with Crippen LogP contribution in [0.25, 0.3) is 0 Å². The number of aliphatic imine (C=N–C) groups is 1. The molecule has 0 aromatic carbocycles. The Hall–Kier alpha value is -0.810. The number of nitrogens with one attached hydrogen (secondary N) is 1. The lowest BCUT2D eigenvalue weighted by Gasteiger charge is -2.24. The summed E-state index contributed by atoms with van der Waals surface area (Å²) < 4.78 is 10.8. The van der Waals surface area contributed by atoms with E-state index in [1.54, 1.807) is 0 Å². The maximum atomic E-state index is 5.86. The van der Waals surface area contributed by atoms with E-state index in [0.29, 0.717) is 38.4 Å². The predicted octanol–water partition coefficient (Wildman–Crippen LogP) is 0.639. The van der Waals surface area contributed by atoms with Crippen molar-refractivity contribution in [3.8, 4) is 0 Å². The molecule has 0 aromatic rings. The van der Waals surface area contributed by atoms with Crippen molar-refractivity contribution in [2.45, 2.75) is 44.2 Å². The summed E-state index contributed by atoms with van der Waals surface area (Å²) in [4.78, 5) is 4.32. The van der Waals surface area contributed by atoms with Gasteiger partial charge in [0.2, 0.25) is 0 Å². The highest BCUT2D eigenvalue weighted by molar-refractivity contribution is 5.78. The average Bonchev–Trinajstić information content (AvgIpc) is 2.39. The molecule has 0 amide bonds. The van der Waals surface area contributed by atoms with Gasteiger partial charge < -0.3 is 20.5 Å². The van der Waals surface area contributed by atoms with Crippen molar-refractivity contribution in [2.75, 3.05) is 26.4 Å². The van der Waals surface area contributed by atoms with Crippen LogP contribution in [0.3, 0.4) is 0 Å². The number of rotatable bonds is 3. The van der Waals surface area contributed by atoms with E-state index in [0.717, 1.165) is 0 Å². The fourth-order valence-corrected chi connectivity index (χ4v) is 2.34. The van der Waals surface area contributed by atoms with Gasteiger partial charge in [-0.25, -0.2) is 0 Å². The first-order valence-corrected chi connectivity index (χ1v) is 6.60. The summed E-state index contributed by atoms with van der Waals surface area (Å²) in [5.74, 6) is 0.547. The smallest absolute Gasteiger partial charge is 0.188 e. The third kappa shape index (κ3) is 4.52. The Morgan fingerprint density at radius 3 is 2.76 bits per heavy atom. The summed E-state index contributed by atoms with van der Waals surface area (Å²) in [5, 5.41) is 3.29. The Morgan fingerprint density at radius 1 is 1.24 bits per heavy atom. The maximum absolute atomic E-state index is 5.86. The summed E-state index contributed by atoms with van der Waals surface area (Å²) >= 11 is 0. The largest absolute Gasteiger partial charge is 0.376 e. The molecule has 1 saturated heterocycles. The minimum Gasteiger partial charge on any atom is -0.376 e. The Balaban J connectivity index is 1.68. The molecule has 5 heteroatoms. The molecule has 1 atom stereocenters. The molecular formula is C12H23N3O2. The van der Waals surface area contributed by atoms with Crippen LogP contribution < -0.4 is 11.1 Å². The van der Waals surface area contributed by atoms with Crippen molar-refractivity contribution in [3.63, 3.8) is 0 Å². The Bertz CT molecular complexity index is 246. The molecule has 1 heterocycles. The van der Waals surface area contributed by atoms with Crippen LogP contribution in [-0.4, -0.2) is 44.5 Å². The number of guanidine groups is 1. The first-order chi connectivity index (χ1) is 8.34. The van der Waals surface area contributed by atoms with Crippen LogP contribution in [0.2, 0.25) is 0 Å². The molecule has 0 aromatic heterocycles. The first-order valence-electron chi connectivity index (χ1n) is 6.60. The maximum Gasteiger partial charge on any atom is 0.188 e. The van der Waals surface area contributed by atoms with Crippen LogP contribution in [0.5, 0.6) is 0 Å². The normalized spacial score (nSPS) is 28.0. The van der Waals surface area contributed by atoms with Gasteiger partial charge in [-0.2, -0.15) is 0 Å². The summed E-state index contributed by atoms with van der Waals surface area (Å²) in [7, 11) is 0. The third-order valence-electron chi connectivity index (χ3n) is 3.31. The van der Waals surface area contributed by atoms with Gasteiger partial charge in [-0.3, -0.25) is 4.99 Å². The van der Waals surface area contributed by atoms with Crippen LogP contribution in [0.15, 0.2) is 4.99 Å². The quantitative estimate of drug-likeness (QED) is 0.562. The van der Waals surface area contributed by atoms with E-state index >= 15 is 0 Å². The van der Waals surface area contributed by atoms with E-state index in [1.165, 1.54) is 32.1 Å². The van der Waals surface area contributed by atoms with Crippen LogP contribution >= 0.6 is 0 Å². The highest BCUT2D eigenvalue weighted by Gasteiger charge is 2.15. The van der Waals surface area contributed by atoms with Crippen molar-refractivity contribution >= 4 is 5.96 Å². The monoisotopic (exact) mass is 241 g/mol. The van der Waals surface area contributed by atoms with E-state index in [9.17, 15) is 0 Å². The molecule has 0 radical (unpaired) electrons. The number of hydrogen-bond donors (Lipinski definition) is 2. The van der Waals surface area contributed by atoms with Gasteiger partial charge in [0.05, 0.1) is 26.4 Å². The Kier molecular flexibility index (Phi) is 5.07. The highest BCUT2D eigenvalue weighted by atomic mass is 16.6. The Labute approximate surface area is 103 Å². The number of nitrogens with zero attached hydrogens (tertiary/aromatic N) is 1. The summed E-state index contributed by atoms with van der Waals surface area (Å²) in [6.45, 7) is 2.57. The van der Waals surface area contributed by atoms with Crippen molar-refractivity contribution in [1.29, 1.82) is 0 Å². The lowest BCUT2D eigenvalue weighted by atomic mass is 9.96. The van der Waals surface area contributed by atoms with Gasteiger partial charge in [-0.05, 0) is 12.8 Å². The number of ether oxygens (including phenoxy) is 2. The van der Waals surface area contributed by atoms with Gasteiger partial charge in [0.15, 0.2) is 5.96 Å². The van der Waals surface area contributed by atoms with Crippen molar-refractivity contribution < 1.29 is 9.47 Å². The predicted molar refractivity (Wildman–Crippen MR) is 67.1 cm³/mol. The number of nitrogens with two attached hydrogens (primary N) is 1. The van der Waals surface area contributed by atoms with E-state index < -0.39 is 0 Å². The second kappa shape index (κ2) is 6.81. The molecule has 1 aliphatic heterocycles. The van der Waals surface area contributed by atoms with E-state index in [1.807, 2.05) is 0 Å². The van der Waals surface area contributed by atoms with Gasteiger partial charge >= 0.3 is 0 Å². The molecular weight excluding hydrogens is 218 g/mol. The number of hydrogen-bond acceptors (Lipinski definition) is 3. The molecule has 0 bridgehead atoms. The lowest BCUT2D eigenvalue weighted by Crippen LogP contribution is -2.42. The van der Waals surface area contributed by atoms with E-state index in [2.05, 4.69) is 10.3 Å². The lowest BCUT2D eigenvalue weighted by molar-refractivity contribution is -0.0832. The topological polar surface area (TPSA) is 68.9 Å². The SMILES string of the molecule is NC(=NCC1COCCO1)NC1CCCCC1. The summed E-state index contributed by atoms with van der Waals surface area (Å²) in [6.07, 6.45) is 6.42. The second-order valence-electron chi connectivity index (χ2n) is 4.77. The zero-order chi connectivity index (χ0) is 11.9. The fraction of sp³-hybridized carbons (Fsp3) is 0.917. The minimum absolute atomic E-state index is 0.0652. The molecule has 2 aliphatic rings. The molecule has 3 N–H and O–H groups in total. The summed E-state index contributed by atoms with van der Waals surface area (Å²) in [5.41, 5.74) is 5.86. The molecule has 1 unspecified atom stereocenters. The second-order valence-corrected chi connectivity index (χ2v) is 4.77. The third-order valence-corrected chi connectivity index (χ3v) is 3.31. The van der Waals surface area contributed by atoms with Gasteiger partial charge in [-0.15, -0.1) is 0 Å². The molecule has 98 valence electrons. The molecule has 0 spiro atoms. The zero-order valence-electron chi connectivity index (χ0n) is 10.4. The Morgan fingerprint density at radius 2 is 2.06 bits per heavy atom. The summed E-state index contributed by atoms with van der Waals surface area (Å²) in [6, 6.07) is 0.510. The molecule has 17 heavy (non-hydrogen) atoms. The minimum atomic E-state index is 0.0652. The van der Waals surface area contributed by atoms with Gasteiger partial charge in [0.1, 0.15) is 6.10 Å². The van der Waals surface area contributed by atoms with Crippen molar-refractivity contribution in [2.24, 2.45) is 10.7 Å². The van der Waals surface area contributed by atoms with Crippen LogP contribution in [0.4, 0.5) is 0 Å². The van der Waals surface area contributed by atoms with Gasteiger partial charge in [-0.1, -0.05) is 19.3 Å². The standard InChI is InChI=1S/C12H23N3O2/c13-12(15-10-4-2-1-3-5-10)14-8-11-9-16-6-7-17-11/h10-11H,1-9H2,(H3,13,14,15). The van der Waals surface area contributed by atoms with E-state index in [-0.39, 0.29) is 6.10 Å². The van der Waals surface area contributed by atoms with Gasteiger partial charge in [0, 0.05) is 6.04 Å². The highest BCUT2D eigenvalue weighted by Crippen LogP contribution is 2.16. The zero-order valence-corrected chi connectivity index (χ0v) is 10.4. The molecule has 1 aliphatic carbocycles. The van der Waals surface area contributed by atoms with Crippen molar-refractivity contribution in [3.05, 3.63) is 0 Å². The van der Waals surface area contributed by atoms with Crippen LogP contribution in [0, 0.1) is 0 Å².